The highest BCUT2D eigenvalue weighted by Gasteiger charge is 2.66. The standard InChI is InChI=1S/C13H22O/c1-9(14)8-10-11-12(2,3)6-5-7-13(10,11)4/h10-11H,5-8H2,1-4H3. The average Bonchev–Trinajstić information content (AvgIpc) is 2.55. The van der Waals surface area contributed by atoms with E-state index in [-0.39, 0.29) is 0 Å². The van der Waals surface area contributed by atoms with Gasteiger partial charge in [0.2, 0.25) is 0 Å². The van der Waals surface area contributed by atoms with Gasteiger partial charge in [0.05, 0.1) is 0 Å². The summed E-state index contributed by atoms with van der Waals surface area (Å²) in [6, 6.07) is 0. The van der Waals surface area contributed by atoms with Crippen LogP contribution in [0, 0.1) is 22.7 Å². The molecule has 2 fully saturated rings. The third-order valence-corrected chi connectivity index (χ3v) is 4.74. The van der Waals surface area contributed by atoms with Gasteiger partial charge in [-0.2, -0.15) is 0 Å². The number of hydrogen-bond donors (Lipinski definition) is 0. The van der Waals surface area contributed by atoms with Crippen molar-refractivity contribution in [2.24, 2.45) is 22.7 Å². The van der Waals surface area contributed by atoms with Crippen molar-refractivity contribution in [2.75, 3.05) is 0 Å². The van der Waals surface area contributed by atoms with Gasteiger partial charge in [-0.1, -0.05) is 27.2 Å². The lowest BCUT2D eigenvalue weighted by Crippen LogP contribution is -2.23. The van der Waals surface area contributed by atoms with Crippen LogP contribution in [0.5, 0.6) is 0 Å². The summed E-state index contributed by atoms with van der Waals surface area (Å²) in [5.41, 5.74) is 0.987. The van der Waals surface area contributed by atoms with E-state index in [4.69, 9.17) is 0 Å². The molecule has 0 bridgehead atoms. The van der Waals surface area contributed by atoms with Crippen molar-refractivity contribution in [3.63, 3.8) is 0 Å². The van der Waals surface area contributed by atoms with E-state index in [2.05, 4.69) is 20.8 Å². The molecule has 2 aliphatic carbocycles. The Hall–Kier alpha value is -0.330. The molecule has 0 aliphatic heterocycles. The van der Waals surface area contributed by atoms with E-state index in [9.17, 15) is 4.79 Å². The van der Waals surface area contributed by atoms with E-state index < -0.39 is 0 Å². The lowest BCUT2D eigenvalue weighted by molar-refractivity contribution is -0.117. The zero-order valence-corrected chi connectivity index (χ0v) is 9.89. The SMILES string of the molecule is CC(=O)CC1C2C(C)(C)CCCC12C. The summed E-state index contributed by atoms with van der Waals surface area (Å²) in [5.74, 6) is 1.88. The molecule has 0 spiro atoms. The van der Waals surface area contributed by atoms with Gasteiger partial charge in [0.1, 0.15) is 5.78 Å². The summed E-state index contributed by atoms with van der Waals surface area (Å²) in [5, 5.41) is 0. The molecule has 0 aromatic rings. The fourth-order valence-corrected chi connectivity index (χ4v) is 4.18. The van der Waals surface area contributed by atoms with E-state index in [0.717, 1.165) is 12.3 Å². The minimum atomic E-state index is 0.376. The molecule has 0 aromatic carbocycles. The maximum Gasteiger partial charge on any atom is 0.130 e. The second-order valence-corrected chi connectivity index (χ2v) is 6.34. The molecule has 3 atom stereocenters. The molecule has 1 heteroatoms. The molecule has 14 heavy (non-hydrogen) atoms. The average molecular weight is 194 g/mol. The van der Waals surface area contributed by atoms with Crippen LogP contribution in [-0.2, 0) is 4.79 Å². The minimum Gasteiger partial charge on any atom is -0.300 e. The highest BCUT2D eigenvalue weighted by molar-refractivity contribution is 5.76. The molecule has 80 valence electrons. The van der Waals surface area contributed by atoms with Gasteiger partial charge in [-0.05, 0) is 42.4 Å². The topological polar surface area (TPSA) is 17.1 Å². The smallest absolute Gasteiger partial charge is 0.130 e. The van der Waals surface area contributed by atoms with Gasteiger partial charge in [-0.25, -0.2) is 0 Å². The predicted octanol–water partition coefficient (Wildman–Crippen LogP) is 3.43. The van der Waals surface area contributed by atoms with Crippen molar-refractivity contribution in [3.8, 4) is 0 Å². The molecule has 2 aliphatic rings. The van der Waals surface area contributed by atoms with Crippen LogP contribution < -0.4 is 0 Å². The summed E-state index contributed by atoms with van der Waals surface area (Å²) in [4.78, 5) is 11.2. The van der Waals surface area contributed by atoms with Crippen molar-refractivity contribution in [1.82, 2.24) is 0 Å². The number of carbonyl (C=O) groups is 1. The van der Waals surface area contributed by atoms with Crippen molar-refractivity contribution in [3.05, 3.63) is 0 Å². The highest BCUT2D eigenvalue weighted by atomic mass is 16.1. The predicted molar refractivity (Wildman–Crippen MR) is 58.0 cm³/mol. The fourth-order valence-electron chi connectivity index (χ4n) is 4.18. The Kier molecular flexibility index (Phi) is 2.06. The molecule has 0 radical (unpaired) electrons. The third kappa shape index (κ3) is 1.32. The van der Waals surface area contributed by atoms with Gasteiger partial charge in [-0.3, -0.25) is 0 Å². The van der Waals surface area contributed by atoms with E-state index in [1.165, 1.54) is 19.3 Å². The summed E-state index contributed by atoms with van der Waals surface area (Å²) in [7, 11) is 0. The Bertz CT molecular complexity index is 266. The van der Waals surface area contributed by atoms with E-state index in [0.29, 0.717) is 22.5 Å². The van der Waals surface area contributed by atoms with Crippen LogP contribution in [0.4, 0.5) is 0 Å². The third-order valence-electron chi connectivity index (χ3n) is 4.74. The van der Waals surface area contributed by atoms with Gasteiger partial charge in [0.15, 0.2) is 0 Å². The molecule has 0 saturated heterocycles. The van der Waals surface area contributed by atoms with E-state index in [1.807, 2.05) is 0 Å². The quantitative estimate of drug-likeness (QED) is 0.658. The van der Waals surface area contributed by atoms with Crippen LogP contribution in [-0.4, -0.2) is 5.78 Å². The first-order chi connectivity index (χ1) is 6.38. The number of fused-ring (bicyclic) bond motifs is 1. The second-order valence-electron chi connectivity index (χ2n) is 6.34. The largest absolute Gasteiger partial charge is 0.300 e. The van der Waals surface area contributed by atoms with Crippen LogP contribution in [0.2, 0.25) is 0 Å². The molecule has 2 saturated carbocycles. The lowest BCUT2D eigenvalue weighted by atomic mass is 9.73. The summed E-state index contributed by atoms with van der Waals surface area (Å²) in [6.07, 6.45) is 4.87. The Morgan fingerprint density at radius 3 is 2.43 bits per heavy atom. The molecule has 0 amide bonds. The normalized spacial score (nSPS) is 44.3. The molecular weight excluding hydrogens is 172 g/mol. The number of carbonyl (C=O) groups excluding carboxylic acids is 1. The molecule has 0 aromatic heterocycles. The molecule has 3 unspecified atom stereocenters. The van der Waals surface area contributed by atoms with Crippen LogP contribution in [0.15, 0.2) is 0 Å². The van der Waals surface area contributed by atoms with E-state index >= 15 is 0 Å². The number of ketones is 1. The Labute approximate surface area is 87.3 Å². The van der Waals surface area contributed by atoms with Crippen molar-refractivity contribution in [2.45, 2.75) is 53.4 Å². The summed E-state index contributed by atoms with van der Waals surface area (Å²) in [6.45, 7) is 8.90. The first kappa shape index (κ1) is 10.2. The zero-order chi connectivity index (χ0) is 10.6. The van der Waals surface area contributed by atoms with E-state index in [1.54, 1.807) is 6.92 Å². The number of hydrogen-bond acceptors (Lipinski definition) is 1. The van der Waals surface area contributed by atoms with Gasteiger partial charge >= 0.3 is 0 Å². The maximum absolute atomic E-state index is 11.2. The maximum atomic E-state index is 11.2. The zero-order valence-electron chi connectivity index (χ0n) is 9.89. The Balaban J connectivity index is 2.13. The molecule has 0 heterocycles. The molecule has 1 nitrogen and oxygen atoms in total. The van der Waals surface area contributed by atoms with Crippen molar-refractivity contribution < 1.29 is 4.79 Å². The summed E-state index contributed by atoms with van der Waals surface area (Å²) >= 11 is 0. The van der Waals surface area contributed by atoms with Crippen LogP contribution in [0.25, 0.3) is 0 Å². The fraction of sp³-hybridized carbons (Fsp3) is 0.923. The minimum absolute atomic E-state index is 0.376. The van der Waals surface area contributed by atoms with Crippen LogP contribution in [0.3, 0.4) is 0 Å². The number of rotatable bonds is 2. The second kappa shape index (κ2) is 2.84. The van der Waals surface area contributed by atoms with Crippen LogP contribution >= 0.6 is 0 Å². The Morgan fingerprint density at radius 2 is 1.93 bits per heavy atom. The first-order valence-corrected chi connectivity index (χ1v) is 5.87. The van der Waals surface area contributed by atoms with Gasteiger partial charge in [0, 0.05) is 6.42 Å². The summed E-state index contributed by atoms with van der Waals surface area (Å²) < 4.78 is 0. The first-order valence-electron chi connectivity index (χ1n) is 5.87. The Morgan fingerprint density at radius 1 is 1.29 bits per heavy atom. The van der Waals surface area contributed by atoms with Gasteiger partial charge < -0.3 is 4.79 Å². The van der Waals surface area contributed by atoms with Crippen LogP contribution in [0.1, 0.15) is 53.4 Å². The molecule has 2 rings (SSSR count). The number of Topliss-reactive ketones (excluding diaryl/α,β-unsaturated/α-hetero) is 1. The monoisotopic (exact) mass is 194 g/mol. The molecule has 0 N–H and O–H groups in total. The molecular formula is C13H22O. The van der Waals surface area contributed by atoms with Gasteiger partial charge in [0.25, 0.3) is 0 Å². The van der Waals surface area contributed by atoms with Crippen molar-refractivity contribution >= 4 is 5.78 Å². The van der Waals surface area contributed by atoms with Gasteiger partial charge in [-0.15, -0.1) is 0 Å². The van der Waals surface area contributed by atoms with Crippen molar-refractivity contribution in [1.29, 1.82) is 0 Å². The lowest BCUT2D eigenvalue weighted by Gasteiger charge is -2.32. The highest BCUT2D eigenvalue weighted by Crippen LogP contribution is 2.73.